The van der Waals surface area contributed by atoms with Crippen molar-refractivity contribution in [1.82, 2.24) is 0 Å². The van der Waals surface area contributed by atoms with Crippen LogP contribution in [0.15, 0.2) is 0 Å². The highest BCUT2D eigenvalue weighted by Crippen LogP contribution is 1.70. The molecule has 0 atom stereocenters. The Bertz CT molecular complexity index is 8.00. The minimum Gasteiger partial charge on any atom is -0.319 e. The van der Waals surface area contributed by atoms with Crippen LogP contribution in [0.4, 0.5) is 0 Å². The molecule has 0 fully saturated rings. The largest absolute Gasteiger partial charge is 0.319 e. The van der Waals surface area contributed by atoms with Gasteiger partial charge in [-0.2, -0.15) is 0 Å². The summed E-state index contributed by atoms with van der Waals surface area (Å²) in [4.78, 5) is 0. The van der Waals surface area contributed by atoms with Crippen LogP contribution in [0.3, 0.4) is 0 Å². The molecule has 2 radical (unpaired) electrons. The minimum atomic E-state index is 0. The van der Waals surface area contributed by atoms with Crippen molar-refractivity contribution in [2.24, 2.45) is 0 Å². The van der Waals surface area contributed by atoms with Crippen molar-refractivity contribution in [2.45, 2.75) is 0 Å². The van der Waals surface area contributed by atoms with Crippen LogP contribution in [0.2, 0.25) is 0 Å². The highest BCUT2D eigenvalue weighted by Gasteiger charge is 1.31. The van der Waals surface area contributed by atoms with Gasteiger partial charge in [-0.3, -0.25) is 0 Å². The van der Waals surface area contributed by atoms with Crippen LogP contribution in [0.25, 0.3) is 0 Å². The average molecular weight is 182 g/mol. The van der Waals surface area contributed by atoms with Crippen molar-refractivity contribution in [3.8, 4) is 0 Å². The summed E-state index contributed by atoms with van der Waals surface area (Å²) < 4.78 is 4.22. The summed E-state index contributed by atoms with van der Waals surface area (Å²) in [7, 11) is 1.61. The van der Waals surface area contributed by atoms with E-state index in [1.807, 2.05) is 0 Å². The fourth-order valence-corrected chi connectivity index (χ4v) is 0. The Morgan fingerprint density at radius 2 is 1.75 bits per heavy atom. The van der Waals surface area contributed by atoms with Crippen LogP contribution in [0.1, 0.15) is 0 Å². The number of halogens is 1. The second-order valence-corrected chi connectivity index (χ2v) is 1.04. The Morgan fingerprint density at radius 3 is 1.75 bits per heavy atom. The highest BCUT2D eigenvalue weighted by molar-refractivity contribution is 14.1. The van der Waals surface area contributed by atoms with Crippen LogP contribution < -0.4 is 0 Å². The first-order valence-electron chi connectivity index (χ1n) is 0.563. The van der Waals surface area contributed by atoms with Crippen molar-refractivity contribution in [3.05, 3.63) is 0 Å². The molecule has 4 heavy (non-hydrogen) atoms. The third-order valence-corrected chi connectivity index (χ3v) is 0. The predicted octanol–water partition coefficient (Wildman–Crippen LogP) is 0.602. The van der Waals surface area contributed by atoms with Crippen LogP contribution in [-0.2, 0) is 3.07 Å². The maximum absolute atomic E-state index is 4.22. The third kappa shape index (κ3) is 9.83. The maximum Gasteiger partial charge on any atom is 0.109 e. The molecule has 0 bridgehead atoms. The zero-order valence-electron chi connectivity index (χ0n) is 2.49. The van der Waals surface area contributed by atoms with E-state index < -0.39 is 0 Å². The van der Waals surface area contributed by atoms with Gasteiger partial charge >= 0.3 is 0 Å². The van der Waals surface area contributed by atoms with Crippen molar-refractivity contribution in [3.63, 3.8) is 0 Å². The van der Waals surface area contributed by atoms with E-state index in [9.17, 15) is 0 Å². The molecule has 0 N–H and O–H groups in total. The smallest absolute Gasteiger partial charge is 0.109 e. The first-order valence-corrected chi connectivity index (χ1v) is 1.44. The summed E-state index contributed by atoms with van der Waals surface area (Å²) in [5.74, 6) is 0. The number of hydrogen-bond acceptors (Lipinski definition) is 1. The van der Waals surface area contributed by atoms with E-state index in [0.29, 0.717) is 0 Å². The molecule has 0 aromatic carbocycles. The van der Waals surface area contributed by atoms with Crippen molar-refractivity contribution < 1.29 is 3.07 Å². The maximum atomic E-state index is 4.22. The Hall–Kier alpha value is 1.46. The summed E-state index contributed by atoms with van der Waals surface area (Å²) in [6.45, 7) is 0. The van der Waals surface area contributed by atoms with Gasteiger partial charge in [-0.15, -0.1) is 0 Å². The van der Waals surface area contributed by atoms with E-state index in [1.54, 1.807) is 30.1 Å². The molecule has 1 nitrogen and oxygen atoms in total. The number of rotatable bonds is 0. The molecule has 0 unspecified atom stereocenters. The summed E-state index contributed by atoms with van der Waals surface area (Å²) >= 11 is 1.79. The third-order valence-electron chi connectivity index (χ3n) is 0. The van der Waals surface area contributed by atoms with Crippen LogP contribution in [0.5, 0.6) is 0 Å². The van der Waals surface area contributed by atoms with Crippen molar-refractivity contribution in [2.75, 3.05) is 7.11 Å². The molecule has 0 saturated heterocycles. The second-order valence-electron chi connectivity index (χ2n) is 0.154. The molecule has 0 aliphatic heterocycles. The molecule has 0 aromatic rings. The van der Waals surface area contributed by atoms with Crippen molar-refractivity contribution >= 4 is 46.1 Å². The molecule has 3 heteroatoms. The predicted molar refractivity (Wildman–Crippen MR) is 26.8 cm³/mol. The van der Waals surface area contributed by atoms with E-state index in [2.05, 4.69) is 3.07 Å². The molecular weight excluding hydrogens is 179 g/mol. The lowest BCUT2D eigenvalue weighted by atomic mass is 11.8. The van der Waals surface area contributed by atoms with Gasteiger partial charge in [-0.05, 0) is 0 Å². The van der Waals surface area contributed by atoms with Gasteiger partial charge in [0.05, 0.1) is 0 Å². The van der Waals surface area contributed by atoms with Crippen LogP contribution in [0, 0.1) is 0 Å². The zero-order valence-corrected chi connectivity index (χ0v) is 6.07. The van der Waals surface area contributed by atoms with E-state index in [0.717, 1.165) is 0 Å². The molecule has 0 heterocycles. The van der Waals surface area contributed by atoms with Gasteiger partial charge in [0.2, 0.25) is 0 Å². The Kier molecular flexibility index (Phi) is 20.0. The lowest BCUT2D eigenvalue weighted by Crippen LogP contribution is -1.37. The fourth-order valence-electron chi connectivity index (χ4n) is 0. The lowest BCUT2D eigenvalue weighted by molar-refractivity contribution is 0.556. The van der Waals surface area contributed by atoms with E-state index in [4.69, 9.17) is 0 Å². The summed E-state index contributed by atoms with van der Waals surface area (Å²) in [5.41, 5.74) is 0. The topological polar surface area (TPSA) is 9.23 Å². The van der Waals surface area contributed by atoms with Crippen molar-refractivity contribution in [1.29, 1.82) is 0 Å². The fraction of sp³-hybridized carbons (Fsp3) is 1.00. The summed E-state index contributed by atoms with van der Waals surface area (Å²) in [6.07, 6.45) is 0. The normalized spacial score (nSPS) is 4.50. The quantitative estimate of drug-likeness (QED) is 0.394. The van der Waals surface area contributed by atoms with Gasteiger partial charge in [0.25, 0.3) is 0 Å². The van der Waals surface area contributed by atoms with Gasteiger partial charge in [-0.25, -0.2) is 0 Å². The van der Waals surface area contributed by atoms with E-state index >= 15 is 0 Å². The summed E-state index contributed by atoms with van der Waals surface area (Å²) in [6, 6.07) is 0. The molecule has 0 aliphatic rings. The van der Waals surface area contributed by atoms with Crippen LogP contribution >= 0.6 is 23.0 Å². The molecule has 0 aromatic heterocycles. The SMILES string of the molecule is COI.[Mg]. The molecule has 0 rings (SSSR count). The number of hydrogen-bond donors (Lipinski definition) is 0. The van der Waals surface area contributed by atoms with E-state index in [-0.39, 0.29) is 23.1 Å². The molecule has 0 aliphatic carbocycles. The Balaban J connectivity index is 0. The first kappa shape index (κ1) is 9.07. The van der Waals surface area contributed by atoms with E-state index in [1.165, 1.54) is 0 Å². The Labute approximate surface area is 55.9 Å². The molecule has 22 valence electrons. The highest BCUT2D eigenvalue weighted by atomic mass is 127. The standard InChI is InChI=1S/CH3IO.Mg/c1-3-2;/h1H3;. The molecule has 0 amide bonds. The summed E-state index contributed by atoms with van der Waals surface area (Å²) in [5, 5.41) is 0. The monoisotopic (exact) mass is 182 g/mol. The van der Waals surface area contributed by atoms with Gasteiger partial charge < -0.3 is 3.07 Å². The zero-order chi connectivity index (χ0) is 2.71. The molecule has 0 saturated carbocycles. The van der Waals surface area contributed by atoms with Gasteiger partial charge in [0.15, 0.2) is 0 Å². The first-order chi connectivity index (χ1) is 1.41. The molecule has 0 spiro atoms. The molecular formula is CH3IMgO. The minimum absolute atomic E-state index is 0. The van der Waals surface area contributed by atoms with Gasteiger partial charge in [0.1, 0.15) is 23.0 Å². The average Bonchev–Trinajstić information content (AvgIpc) is 0.918. The second kappa shape index (κ2) is 8.82. The van der Waals surface area contributed by atoms with Gasteiger partial charge in [-0.1, -0.05) is 0 Å². The Morgan fingerprint density at radius 1 is 1.75 bits per heavy atom. The van der Waals surface area contributed by atoms with Crippen LogP contribution in [-0.4, -0.2) is 30.2 Å². The van der Waals surface area contributed by atoms with Gasteiger partial charge in [0, 0.05) is 30.2 Å². The lowest BCUT2D eigenvalue weighted by Gasteiger charge is -1.55.